The first-order chi connectivity index (χ1) is 6.33. The molecular weight excluding hydrogens is 160 g/mol. The maximum atomic E-state index is 9.87. The molecule has 0 aliphatic heterocycles. The second kappa shape index (κ2) is 4.00. The van der Waals surface area contributed by atoms with Gasteiger partial charge in [-0.3, -0.25) is 0 Å². The smallest absolute Gasteiger partial charge is 0.0571 e. The number of aliphatic hydroxyl groups is 1. The Morgan fingerprint density at radius 2 is 1.92 bits per heavy atom. The summed E-state index contributed by atoms with van der Waals surface area (Å²) in [6.45, 7) is 2.27. The van der Waals surface area contributed by atoms with Crippen LogP contribution in [0.15, 0.2) is 0 Å². The van der Waals surface area contributed by atoms with Gasteiger partial charge in [0.05, 0.1) is 6.10 Å². The zero-order valence-corrected chi connectivity index (χ0v) is 8.71. The topological polar surface area (TPSA) is 20.2 Å². The summed E-state index contributed by atoms with van der Waals surface area (Å²) >= 11 is 0. The van der Waals surface area contributed by atoms with Crippen LogP contribution in [0.1, 0.15) is 51.9 Å². The highest BCUT2D eigenvalue weighted by Gasteiger charge is 2.44. The van der Waals surface area contributed by atoms with Crippen molar-refractivity contribution >= 4 is 0 Å². The van der Waals surface area contributed by atoms with Crippen LogP contribution in [0.2, 0.25) is 0 Å². The van der Waals surface area contributed by atoms with Gasteiger partial charge >= 0.3 is 0 Å². The predicted octanol–water partition coefficient (Wildman–Crippen LogP) is 2.97. The standard InChI is InChI=1S/C12H22O/c1-2-5-9-8-11(9)10-6-3-4-7-12(10)13/h9-13H,2-8H2,1H3/t9?,10-,11?,12-/m0/s1. The fraction of sp³-hybridized carbons (Fsp3) is 1.00. The second-order valence-electron chi connectivity index (χ2n) is 4.96. The summed E-state index contributed by atoms with van der Waals surface area (Å²) in [4.78, 5) is 0. The van der Waals surface area contributed by atoms with Gasteiger partial charge in [0.2, 0.25) is 0 Å². The first-order valence-corrected chi connectivity index (χ1v) is 6.01. The lowest BCUT2D eigenvalue weighted by atomic mass is 9.82. The van der Waals surface area contributed by atoms with Gasteiger partial charge in [-0.05, 0) is 37.0 Å². The molecule has 1 nitrogen and oxygen atoms in total. The van der Waals surface area contributed by atoms with Gasteiger partial charge in [-0.15, -0.1) is 0 Å². The third kappa shape index (κ3) is 2.07. The van der Waals surface area contributed by atoms with Gasteiger partial charge in [0.25, 0.3) is 0 Å². The van der Waals surface area contributed by atoms with Gasteiger partial charge in [0.15, 0.2) is 0 Å². The van der Waals surface area contributed by atoms with Crippen LogP contribution >= 0.6 is 0 Å². The zero-order valence-electron chi connectivity index (χ0n) is 8.71. The molecule has 1 N–H and O–H groups in total. The number of aliphatic hydroxyl groups excluding tert-OH is 1. The van der Waals surface area contributed by atoms with E-state index >= 15 is 0 Å². The molecule has 0 bridgehead atoms. The van der Waals surface area contributed by atoms with Gasteiger partial charge in [-0.1, -0.05) is 32.6 Å². The minimum absolute atomic E-state index is 0.0422. The first-order valence-electron chi connectivity index (χ1n) is 6.01. The lowest BCUT2D eigenvalue weighted by molar-refractivity contribution is 0.0550. The van der Waals surface area contributed by atoms with Crippen LogP contribution in [0.3, 0.4) is 0 Å². The third-order valence-electron chi connectivity index (χ3n) is 3.97. The van der Waals surface area contributed by atoms with Crippen molar-refractivity contribution in [2.45, 2.75) is 58.0 Å². The molecule has 0 aromatic carbocycles. The molecule has 0 radical (unpaired) electrons. The SMILES string of the molecule is CCCC1CC1[C@@H]1CCCC[C@@H]1O. The summed E-state index contributed by atoms with van der Waals surface area (Å²) in [5.74, 6) is 2.54. The van der Waals surface area contributed by atoms with Crippen LogP contribution in [0, 0.1) is 17.8 Å². The van der Waals surface area contributed by atoms with Crippen molar-refractivity contribution in [2.24, 2.45) is 17.8 Å². The number of rotatable bonds is 3. The highest BCUT2D eigenvalue weighted by molar-refractivity contribution is 4.94. The van der Waals surface area contributed by atoms with Gasteiger partial charge < -0.3 is 5.11 Å². The summed E-state index contributed by atoms with van der Waals surface area (Å²) in [6, 6.07) is 0. The molecule has 2 aliphatic rings. The van der Waals surface area contributed by atoms with E-state index in [1.807, 2.05) is 0 Å². The monoisotopic (exact) mass is 182 g/mol. The van der Waals surface area contributed by atoms with Crippen molar-refractivity contribution in [2.75, 3.05) is 0 Å². The van der Waals surface area contributed by atoms with Crippen molar-refractivity contribution < 1.29 is 5.11 Å². The van der Waals surface area contributed by atoms with E-state index in [-0.39, 0.29) is 6.10 Å². The van der Waals surface area contributed by atoms with E-state index in [1.54, 1.807) is 0 Å². The quantitative estimate of drug-likeness (QED) is 0.711. The van der Waals surface area contributed by atoms with Gasteiger partial charge in [0, 0.05) is 0 Å². The van der Waals surface area contributed by atoms with Crippen molar-refractivity contribution in [3.63, 3.8) is 0 Å². The third-order valence-corrected chi connectivity index (χ3v) is 3.97. The Hall–Kier alpha value is -0.0400. The maximum Gasteiger partial charge on any atom is 0.0571 e. The number of hydrogen-bond acceptors (Lipinski definition) is 1. The molecule has 2 aliphatic carbocycles. The lowest BCUT2D eigenvalue weighted by Gasteiger charge is -2.27. The summed E-state index contributed by atoms with van der Waals surface area (Å²) in [5, 5.41) is 9.87. The Kier molecular flexibility index (Phi) is 2.92. The summed E-state index contributed by atoms with van der Waals surface area (Å²) in [5.41, 5.74) is 0. The van der Waals surface area contributed by atoms with Crippen molar-refractivity contribution in [3.8, 4) is 0 Å². The lowest BCUT2D eigenvalue weighted by Crippen LogP contribution is -2.26. The van der Waals surface area contributed by atoms with E-state index in [9.17, 15) is 5.11 Å². The molecule has 2 rings (SSSR count). The summed E-state index contributed by atoms with van der Waals surface area (Å²) in [7, 11) is 0. The first kappa shape index (κ1) is 9.51. The van der Waals surface area contributed by atoms with Gasteiger partial charge in [-0.2, -0.15) is 0 Å². The van der Waals surface area contributed by atoms with E-state index in [0.717, 1.165) is 18.3 Å². The largest absolute Gasteiger partial charge is 0.393 e. The molecule has 0 saturated heterocycles. The van der Waals surface area contributed by atoms with Crippen molar-refractivity contribution in [1.29, 1.82) is 0 Å². The maximum absolute atomic E-state index is 9.87. The molecule has 76 valence electrons. The molecule has 2 saturated carbocycles. The Morgan fingerprint density at radius 1 is 1.15 bits per heavy atom. The minimum atomic E-state index is 0.0422. The molecule has 1 heteroatoms. The van der Waals surface area contributed by atoms with E-state index in [1.165, 1.54) is 38.5 Å². The zero-order chi connectivity index (χ0) is 9.26. The average molecular weight is 182 g/mol. The summed E-state index contributed by atoms with van der Waals surface area (Å²) < 4.78 is 0. The van der Waals surface area contributed by atoms with Crippen LogP contribution in [-0.2, 0) is 0 Å². The second-order valence-corrected chi connectivity index (χ2v) is 4.96. The summed E-state index contributed by atoms with van der Waals surface area (Å²) in [6.07, 6.45) is 9.15. The normalized spacial score (nSPS) is 44.8. The van der Waals surface area contributed by atoms with Crippen molar-refractivity contribution in [1.82, 2.24) is 0 Å². The average Bonchev–Trinajstić information content (AvgIpc) is 2.86. The van der Waals surface area contributed by atoms with Crippen LogP contribution in [0.25, 0.3) is 0 Å². The fourth-order valence-corrected chi connectivity index (χ4v) is 3.14. The molecule has 2 unspecified atom stereocenters. The fourth-order valence-electron chi connectivity index (χ4n) is 3.14. The molecule has 0 aromatic rings. The molecule has 0 aromatic heterocycles. The van der Waals surface area contributed by atoms with Crippen LogP contribution in [-0.4, -0.2) is 11.2 Å². The van der Waals surface area contributed by atoms with Crippen LogP contribution in [0.4, 0.5) is 0 Å². The van der Waals surface area contributed by atoms with Gasteiger partial charge in [0.1, 0.15) is 0 Å². The van der Waals surface area contributed by atoms with Gasteiger partial charge in [-0.25, -0.2) is 0 Å². The Balaban J connectivity index is 1.80. The highest BCUT2D eigenvalue weighted by Crippen LogP contribution is 2.51. The van der Waals surface area contributed by atoms with E-state index < -0.39 is 0 Å². The number of hydrogen-bond donors (Lipinski definition) is 1. The van der Waals surface area contributed by atoms with Crippen LogP contribution < -0.4 is 0 Å². The highest BCUT2D eigenvalue weighted by atomic mass is 16.3. The molecule has 13 heavy (non-hydrogen) atoms. The molecule has 0 spiro atoms. The molecule has 0 amide bonds. The Morgan fingerprint density at radius 3 is 2.62 bits per heavy atom. The Labute approximate surface area is 81.5 Å². The minimum Gasteiger partial charge on any atom is -0.393 e. The molecule has 2 fully saturated rings. The van der Waals surface area contributed by atoms with E-state index in [2.05, 4.69) is 6.92 Å². The molecule has 4 atom stereocenters. The van der Waals surface area contributed by atoms with Crippen LogP contribution in [0.5, 0.6) is 0 Å². The molecule has 0 heterocycles. The molecular formula is C12H22O. The van der Waals surface area contributed by atoms with E-state index in [0.29, 0.717) is 5.92 Å². The predicted molar refractivity (Wildman–Crippen MR) is 54.5 cm³/mol. The Bertz CT molecular complexity index is 167. The van der Waals surface area contributed by atoms with E-state index in [4.69, 9.17) is 0 Å². The van der Waals surface area contributed by atoms with Crippen molar-refractivity contribution in [3.05, 3.63) is 0 Å².